The van der Waals surface area contributed by atoms with E-state index in [1.54, 1.807) is 0 Å². The zero-order valence-corrected chi connectivity index (χ0v) is 50.2. The molecule has 0 aromatic carbocycles. The van der Waals surface area contributed by atoms with Crippen LogP contribution in [-0.2, 0) is 27.9 Å². The fraction of sp³-hybridized carbons (Fsp3) is 0.812. The average Bonchev–Trinajstić information content (AvgIpc) is 3.36. The SMILES string of the molecule is CCCCC/C=C\C/C=C\C/C=C\CCCCCCCCC(=O)OC(/C=C/CCCCCCCCCCCCC)C(COP(=O)(O)OCC[N+](C)(C)C)NC(=O)CCCCCCC/C=C/CCCCCCCCC. The van der Waals surface area contributed by atoms with Gasteiger partial charge < -0.3 is 19.4 Å². The number of esters is 1. The smallest absolute Gasteiger partial charge is 0.456 e. The molecule has 0 aliphatic heterocycles. The molecule has 10 heteroatoms. The number of ether oxygens (including phenoxy) is 1. The van der Waals surface area contributed by atoms with Crippen LogP contribution in [0.3, 0.4) is 0 Å². The number of hydrogen-bond acceptors (Lipinski definition) is 6. The number of nitrogens with one attached hydrogen (secondary N) is 1. The third-order valence-electron chi connectivity index (χ3n) is 13.7. The van der Waals surface area contributed by atoms with Gasteiger partial charge in [0.2, 0.25) is 5.91 Å². The van der Waals surface area contributed by atoms with Gasteiger partial charge >= 0.3 is 13.8 Å². The largest absolute Gasteiger partial charge is 0.472 e. The summed E-state index contributed by atoms with van der Waals surface area (Å²) in [6.45, 7) is 6.98. The molecule has 9 nitrogen and oxygen atoms in total. The molecule has 3 unspecified atom stereocenters. The number of carbonyl (C=O) groups is 2. The zero-order chi connectivity index (χ0) is 54.3. The van der Waals surface area contributed by atoms with E-state index in [1.807, 2.05) is 33.3 Å². The summed E-state index contributed by atoms with van der Waals surface area (Å²) in [6.07, 6.45) is 67.8. The lowest BCUT2D eigenvalue weighted by molar-refractivity contribution is -0.870. The number of rotatable bonds is 56. The first kappa shape index (κ1) is 71.7. The second-order valence-corrected chi connectivity index (χ2v) is 23.7. The Morgan fingerprint density at radius 3 is 1.27 bits per heavy atom. The molecule has 0 aliphatic rings. The molecule has 3 atom stereocenters. The van der Waals surface area contributed by atoms with Crippen molar-refractivity contribution in [3.63, 3.8) is 0 Å². The molecule has 0 rings (SSSR count). The second kappa shape index (κ2) is 54.1. The number of carbonyl (C=O) groups excluding carboxylic acids is 2. The van der Waals surface area contributed by atoms with Gasteiger partial charge in [-0.2, -0.15) is 0 Å². The van der Waals surface area contributed by atoms with E-state index in [9.17, 15) is 19.0 Å². The van der Waals surface area contributed by atoms with E-state index in [1.165, 1.54) is 148 Å². The number of likely N-dealkylation sites (N-methyl/N-ethyl adjacent to an activating group) is 1. The lowest BCUT2D eigenvalue weighted by Gasteiger charge is -2.27. The number of phosphoric ester groups is 1. The Bertz CT molecular complexity index is 1450. The number of hydrogen-bond donors (Lipinski definition) is 2. The zero-order valence-electron chi connectivity index (χ0n) is 49.3. The Morgan fingerprint density at radius 1 is 0.473 bits per heavy atom. The van der Waals surface area contributed by atoms with Gasteiger partial charge in [0.1, 0.15) is 19.3 Å². The Hall–Kier alpha value is -2.29. The van der Waals surface area contributed by atoms with Crippen LogP contribution in [0.5, 0.6) is 0 Å². The van der Waals surface area contributed by atoms with E-state index < -0.39 is 20.0 Å². The molecule has 0 bridgehead atoms. The molecule has 0 heterocycles. The molecular formula is C64H120N2O7P+. The van der Waals surface area contributed by atoms with Crippen molar-refractivity contribution in [2.45, 2.75) is 296 Å². The molecule has 0 fully saturated rings. The maximum absolute atomic E-state index is 13.5. The molecule has 432 valence electrons. The van der Waals surface area contributed by atoms with E-state index in [2.05, 4.69) is 74.7 Å². The Morgan fingerprint density at radius 2 is 0.824 bits per heavy atom. The van der Waals surface area contributed by atoms with Gasteiger partial charge in [-0.3, -0.25) is 18.6 Å². The van der Waals surface area contributed by atoms with E-state index in [0.717, 1.165) is 103 Å². The molecule has 0 saturated heterocycles. The first-order valence-corrected chi connectivity index (χ1v) is 32.6. The van der Waals surface area contributed by atoms with Crippen molar-refractivity contribution in [3.8, 4) is 0 Å². The van der Waals surface area contributed by atoms with Crippen molar-refractivity contribution in [1.82, 2.24) is 5.32 Å². The molecule has 0 aromatic rings. The molecule has 0 aromatic heterocycles. The van der Waals surface area contributed by atoms with Crippen molar-refractivity contribution in [1.29, 1.82) is 0 Å². The molecule has 1 amide bonds. The maximum Gasteiger partial charge on any atom is 0.472 e. The summed E-state index contributed by atoms with van der Waals surface area (Å²) < 4.78 is 30.7. The highest BCUT2D eigenvalue weighted by molar-refractivity contribution is 7.47. The third kappa shape index (κ3) is 54.5. The summed E-state index contributed by atoms with van der Waals surface area (Å²) in [5, 5.41) is 3.05. The summed E-state index contributed by atoms with van der Waals surface area (Å²) in [4.78, 5) is 37.7. The van der Waals surface area contributed by atoms with Crippen molar-refractivity contribution < 1.29 is 37.3 Å². The molecule has 2 N–H and O–H groups in total. The molecule has 0 saturated carbocycles. The number of unbranched alkanes of at least 4 members (excludes halogenated alkanes) is 32. The monoisotopic (exact) mass is 1060 g/mol. The van der Waals surface area contributed by atoms with Crippen LogP contribution in [0, 0.1) is 0 Å². The van der Waals surface area contributed by atoms with Crippen LogP contribution in [0.4, 0.5) is 0 Å². The van der Waals surface area contributed by atoms with E-state index in [4.69, 9.17) is 13.8 Å². The van der Waals surface area contributed by atoms with E-state index >= 15 is 0 Å². The highest BCUT2D eigenvalue weighted by Crippen LogP contribution is 2.43. The highest BCUT2D eigenvalue weighted by atomic mass is 31.2. The summed E-state index contributed by atoms with van der Waals surface area (Å²) in [7, 11) is 1.48. The van der Waals surface area contributed by atoms with Crippen LogP contribution >= 0.6 is 7.82 Å². The number of nitrogens with zero attached hydrogens (tertiary/aromatic N) is 1. The molecule has 0 aliphatic carbocycles. The van der Waals surface area contributed by atoms with Gasteiger partial charge in [-0.25, -0.2) is 4.57 Å². The molecule has 0 spiro atoms. The summed E-state index contributed by atoms with van der Waals surface area (Å²) in [5.41, 5.74) is 0. The first-order chi connectivity index (χ1) is 35.9. The van der Waals surface area contributed by atoms with Crippen molar-refractivity contribution in [3.05, 3.63) is 60.8 Å². The molecular weight excluding hydrogens is 940 g/mol. The number of phosphoric acid groups is 1. The van der Waals surface area contributed by atoms with Gasteiger partial charge in [0, 0.05) is 12.8 Å². The van der Waals surface area contributed by atoms with E-state index in [-0.39, 0.29) is 31.5 Å². The Balaban J connectivity index is 5.33. The van der Waals surface area contributed by atoms with Gasteiger partial charge in [0.25, 0.3) is 0 Å². The third-order valence-corrected chi connectivity index (χ3v) is 14.7. The van der Waals surface area contributed by atoms with Crippen LogP contribution < -0.4 is 5.32 Å². The summed E-state index contributed by atoms with van der Waals surface area (Å²) >= 11 is 0. The molecule has 74 heavy (non-hydrogen) atoms. The topological polar surface area (TPSA) is 111 Å². The standard InChI is InChI=1S/C64H119N2O7P/c1-7-10-13-16-19-22-25-28-30-32-33-34-36-39-42-45-48-51-54-57-64(68)73-62(55-52-49-46-43-40-37-27-24-21-18-15-12-9-3)61(60-72-74(69,70)71-59-58-66(4,5)6)65-63(67)56-53-50-47-44-41-38-35-31-29-26-23-20-17-14-11-8-2/h19,22,28,30-31,33-35,52,55,61-62H,7-18,20-21,23-27,29,32,36-51,53-54,56-60H2,1-6H3,(H-,65,67,69,70)/p+1/b22-19-,30-28-,34-33-,35-31+,55-52+. The van der Waals surface area contributed by atoms with Gasteiger partial charge in [-0.1, -0.05) is 236 Å². The van der Waals surface area contributed by atoms with Crippen molar-refractivity contribution in [2.75, 3.05) is 40.9 Å². The minimum Gasteiger partial charge on any atom is -0.456 e. The summed E-state index contributed by atoms with van der Waals surface area (Å²) in [6, 6.07) is -0.859. The fourth-order valence-electron chi connectivity index (χ4n) is 8.82. The lowest BCUT2D eigenvalue weighted by atomic mass is 10.0. The Labute approximate surface area is 458 Å². The quantitative estimate of drug-likeness (QED) is 0.0205. The van der Waals surface area contributed by atoms with Gasteiger partial charge in [0.15, 0.2) is 0 Å². The predicted octanol–water partition coefficient (Wildman–Crippen LogP) is 19.1. The van der Waals surface area contributed by atoms with Crippen LogP contribution in [0.1, 0.15) is 284 Å². The Kier molecular flexibility index (Phi) is 52.4. The van der Waals surface area contributed by atoms with Gasteiger partial charge in [0.05, 0.1) is 33.8 Å². The number of amides is 1. The first-order valence-electron chi connectivity index (χ1n) is 31.1. The van der Waals surface area contributed by atoms with E-state index in [0.29, 0.717) is 17.4 Å². The van der Waals surface area contributed by atoms with Crippen molar-refractivity contribution in [2.24, 2.45) is 0 Å². The molecule has 0 radical (unpaired) electrons. The second-order valence-electron chi connectivity index (χ2n) is 22.2. The van der Waals surface area contributed by atoms with Crippen molar-refractivity contribution >= 4 is 19.7 Å². The fourth-order valence-corrected chi connectivity index (χ4v) is 9.56. The highest BCUT2D eigenvalue weighted by Gasteiger charge is 2.30. The minimum atomic E-state index is -4.45. The lowest BCUT2D eigenvalue weighted by Crippen LogP contribution is -2.47. The summed E-state index contributed by atoms with van der Waals surface area (Å²) in [5.74, 6) is -0.524. The minimum absolute atomic E-state index is 0.0355. The van der Waals surface area contributed by atoms with Gasteiger partial charge in [-0.05, 0) is 96.0 Å². The maximum atomic E-state index is 13.5. The van der Waals surface area contributed by atoms with Crippen LogP contribution in [-0.4, -0.2) is 74.3 Å². The average molecular weight is 1060 g/mol. The van der Waals surface area contributed by atoms with Gasteiger partial charge in [-0.15, -0.1) is 0 Å². The normalized spacial score (nSPS) is 14.1. The number of quaternary nitrogens is 1. The predicted molar refractivity (Wildman–Crippen MR) is 318 cm³/mol. The van der Waals surface area contributed by atoms with Crippen LogP contribution in [0.25, 0.3) is 0 Å². The van der Waals surface area contributed by atoms with Crippen LogP contribution in [0.15, 0.2) is 60.8 Å². The number of allylic oxidation sites excluding steroid dienone is 9. The van der Waals surface area contributed by atoms with Crippen LogP contribution in [0.2, 0.25) is 0 Å².